The summed E-state index contributed by atoms with van der Waals surface area (Å²) in [6, 6.07) is 4.08. The summed E-state index contributed by atoms with van der Waals surface area (Å²) < 4.78 is 0. The molecule has 0 aromatic heterocycles. The molecule has 0 aliphatic carbocycles. The van der Waals surface area contributed by atoms with Gasteiger partial charge in [0, 0.05) is 30.8 Å². The van der Waals surface area contributed by atoms with Gasteiger partial charge in [0.25, 0.3) is 11.6 Å². The Labute approximate surface area is 108 Å². The Morgan fingerprint density at radius 3 is 2.58 bits per heavy atom. The minimum absolute atomic E-state index is 0.149. The Balaban J connectivity index is 2.18. The summed E-state index contributed by atoms with van der Waals surface area (Å²) in [5.74, 6) is -1.83. The van der Waals surface area contributed by atoms with Crippen LogP contribution < -0.4 is 0 Å². The molecule has 7 heteroatoms. The van der Waals surface area contributed by atoms with Gasteiger partial charge >= 0.3 is 5.97 Å². The fourth-order valence-electron chi connectivity index (χ4n) is 1.92. The molecule has 19 heavy (non-hydrogen) atoms. The van der Waals surface area contributed by atoms with Crippen LogP contribution in [0.25, 0.3) is 0 Å². The third kappa shape index (κ3) is 2.40. The third-order valence-electron chi connectivity index (χ3n) is 3.18. The first kappa shape index (κ1) is 13.0. The van der Waals surface area contributed by atoms with Crippen LogP contribution in [0.1, 0.15) is 15.9 Å². The second kappa shape index (κ2) is 4.68. The second-order valence-corrected chi connectivity index (χ2v) is 4.50. The lowest BCUT2D eigenvalue weighted by Gasteiger charge is -2.36. The Bertz CT molecular complexity index is 563. The van der Waals surface area contributed by atoms with E-state index in [2.05, 4.69) is 0 Å². The number of hydrogen-bond acceptors (Lipinski definition) is 4. The molecule has 100 valence electrons. The van der Waals surface area contributed by atoms with Gasteiger partial charge in [-0.3, -0.25) is 19.7 Å². The number of rotatable bonds is 3. The molecule has 0 atom stereocenters. The maximum Gasteiger partial charge on any atom is 0.310 e. The van der Waals surface area contributed by atoms with Gasteiger partial charge in [-0.05, 0) is 12.5 Å². The minimum atomic E-state index is -0.931. The highest BCUT2D eigenvalue weighted by Gasteiger charge is 2.36. The van der Waals surface area contributed by atoms with E-state index >= 15 is 0 Å². The van der Waals surface area contributed by atoms with Crippen molar-refractivity contribution >= 4 is 17.6 Å². The van der Waals surface area contributed by atoms with Crippen molar-refractivity contribution in [3.8, 4) is 0 Å². The van der Waals surface area contributed by atoms with Crippen molar-refractivity contribution in [2.24, 2.45) is 5.92 Å². The van der Waals surface area contributed by atoms with Gasteiger partial charge in [0.05, 0.1) is 10.8 Å². The smallest absolute Gasteiger partial charge is 0.310 e. The van der Waals surface area contributed by atoms with Crippen molar-refractivity contribution in [3.63, 3.8) is 0 Å². The van der Waals surface area contributed by atoms with E-state index in [0.29, 0.717) is 5.56 Å². The maximum atomic E-state index is 12.1. The van der Waals surface area contributed by atoms with Crippen LogP contribution in [0.15, 0.2) is 18.2 Å². The molecule has 7 nitrogen and oxygen atoms in total. The fourth-order valence-corrected chi connectivity index (χ4v) is 1.92. The van der Waals surface area contributed by atoms with E-state index in [0.717, 1.165) is 0 Å². The van der Waals surface area contributed by atoms with E-state index in [1.807, 2.05) is 0 Å². The molecular formula is C12H12N2O5. The highest BCUT2D eigenvalue weighted by atomic mass is 16.6. The summed E-state index contributed by atoms with van der Waals surface area (Å²) in [6.07, 6.45) is 0. The summed E-state index contributed by atoms with van der Waals surface area (Å²) in [5.41, 5.74) is 0.733. The Morgan fingerprint density at radius 1 is 1.42 bits per heavy atom. The molecule has 1 aliphatic heterocycles. The predicted molar refractivity (Wildman–Crippen MR) is 64.9 cm³/mol. The second-order valence-electron chi connectivity index (χ2n) is 4.50. The number of carboxylic acids is 1. The molecule has 0 bridgehead atoms. The van der Waals surface area contributed by atoms with Crippen LogP contribution >= 0.6 is 0 Å². The number of nitro benzene ring substituents is 1. The van der Waals surface area contributed by atoms with E-state index in [9.17, 15) is 19.7 Å². The molecule has 1 fully saturated rings. The molecule has 0 radical (unpaired) electrons. The Morgan fingerprint density at radius 2 is 2.05 bits per heavy atom. The predicted octanol–water partition coefficient (Wildman–Crippen LogP) is 1.06. The summed E-state index contributed by atoms with van der Waals surface area (Å²) in [4.78, 5) is 34.3. The monoisotopic (exact) mass is 264 g/mol. The van der Waals surface area contributed by atoms with Crippen LogP contribution in [0.5, 0.6) is 0 Å². The van der Waals surface area contributed by atoms with E-state index in [1.165, 1.54) is 23.1 Å². The molecule has 0 saturated carbocycles. The van der Waals surface area contributed by atoms with Gasteiger partial charge in [-0.2, -0.15) is 0 Å². The van der Waals surface area contributed by atoms with Gasteiger partial charge < -0.3 is 10.0 Å². The van der Waals surface area contributed by atoms with Crippen molar-refractivity contribution in [1.82, 2.24) is 4.90 Å². The number of carbonyl (C=O) groups is 2. The molecule has 2 rings (SSSR count). The van der Waals surface area contributed by atoms with Gasteiger partial charge in [-0.25, -0.2) is 0 Å². The summed E-state index contributed by atoms with van der Waals surface area (Å²) in [6.45, 7) is 1.98. The first-order valence-electron chi connectivity index (χ1n) is 5.67. The number of likely N-dealkylation sites (tertiary alicyclic amines) is 1. The molecule has 1 heterocycles. The van der Waals surface area contributed by atoms with Crippen LogP contribution in [0, 0.1) is 23.0 Å². The molecule has 1 aromatic carbocycles. The first-order chi connectivity index (χ1) is 8.90. The lowest BCUT2D eigenvalue weighted by Crippen LogP contribution is -2.53. The summed E-state index contributed by atoms with van der Waals surface area (Å²) in [5, 5.41) is 19.4. The average molecular weight is 264 g/mol. The zero-order chi connectivity index (χ0) is 14.2. The number of amides is 1. The fraction of sp³-hybridized carbons (Fsp3) is 0.333. The molecular weight excluding hydrogens is 252 g/mol. The molecule has 1 N–H and O–H groups in total. The number of aryl methyl sites for hydroxylation is 1. The van der Waals surface area contributed by atoms with E-state index in [4.69, 9.17) is 5.11 Å². The molecule has 1 aliphatic rings. The Kier molecular flexibility index (Phi) is 3.20. The number of benzene rings is 1. The van der Waals surface area contributed by atoms with E-state index in [-0.39, 0.29) is 30.2 Å². The lowest BCUT2D eigenvalue weighted by molar-refractivity contribution is -0.384. The number of carbonyl (C=O) groups excluding carboxylic acids is 1. The highest BCUT2D eigenvalue weighted by molar-refractivity contribution is 5.97. The third-order valence-corrected chi connectivity index (χ3v) is 3.18. The van der Waals surface area contributed by atoms with Crippen molar-refractivity contribution in [1.29, 1.82) is 0 Å². The maximum absolute atomic E-state index is 12.1. The van der Waals surface area contributed by atoms with Crippen molar-refractivity contribution in [2.75, 3.05) is 13.1 Å². The quantitative estimate of drug-likeness (QED) is 0.649. The lowest BCUT2D eigenvalue weighted by atomic mass is 9.98. The summed E-state index contributed by atoms with van der Waals surface area (Å²) in [7, 11) is 0. The molecule has 1 aromatic rings. The standard InChI is InChI=1S/C12H12N2O5/c1-7-2-3-9(14(18)19)4-10(7)11(15)13-5-8(6-13)12(16)17/h2-4,8H,5-6H2,1H3,(H,16,17). The van der Waals surface area contributed by atoms with Gasteiger partial charge in [-0.15, -0.1) is 0 Å². The zero-order valence-corrected chi connectivity index (χ0v) is 10.2. The highest BCUT2D eigenvalue weighted by Crippen LogP contribution is 2.23. The molecule has 1 amide bonds. The normalized spacial score (nSPS) is 14.9. The topological polar surface area (TPSA) is 101 Å². The van der Waals surface area contributed by atoms with Gasteiger partial charge in [0.1, 0.15) is 0 Å². The SMILES string of the molecule is Cc1ccc([N+](=O)[O-])cc1C(=O)N1CC(C(=O)O)C1. The van der Waals surface area contributed by atoms with Crippen LogP contribution in [0.3, 0.4) is 0 Å². The van der Waals surface area contributed by atoms with Crippen LogP contribution in [0.4, 0.5) is 5.69 Å². The minimum Gasteiger partial charge on any atom is -0.481 e. The number of nitrogens with zero attached hydrogens (tertiary/aromatic N) is 2. The number of aliphatic carboxylic acids is 1. The van der Waals surface area contributed by atoms with E-state index in [1.54, 1.807) is 6.92 Å². The zero-order valence-electron chi connectivity index (χ0n) is 10.2. The molecule has 0 spiro atoms. The largest absolute Gasteiger partial charge is 0.481 e. The molecule has 0 unspecified atom stereocenters. The number of non-ortho nitro benzene ring substituents is 1. The summed E-state index contributed by atoms with van der Waals surface area (Å²) >= 11 is 0. The average Bonchev–Trinajstić information content (AvgIpc) is 2.26. The van der Waals surface area contributed by atoms with Gasteiger partial charge in [-0.1, -0.05) is 6.07 Å². The van der Waals surface area contributed by atoms with E-state index < -0.39 is 16.8 Å². The van der Waals surface area contributed by atoms with Crippen molar-refractivity contribution in [2.45, 2.75) is 6.92 Å². The first-order valence-corrected chi connectivity index (χ1v) is 5.67. The van der Waals surface area contributed by atoms with Crippen molar-refractivity contribution in [3.05, 3.63) is 39.4 Å². The van der Waals surface area contributed by atoms with Crippen LogP contribution in [-0.2, 0) is 4.79 Å². The van der Waals surface area contributed by atoms with Crippen molar-refractivity contribution < 1.29 is 19.6 Å². The Hall–Kier alpha value is -2.44. The number of hydrogen-bond donors (Lipinski definition) is 1. The number of nitro groups is 1. The molecule has 1 saturated heterocycles. The van der Waals surface area contributed by atoms with Crippen LogP contribution in [0.2, 0.25) is 0 Å². The van der Waals surface area contributed by atoms with Gasteiger partial charge in [0.2, 0.25) is 0 Å². The number of carboxylic acid groups (broad SMARTS) is 1. The van der Waals surface area contributed by atoms with Gasteiger partial charge in [0.15, 0.2) is 0 Å². The van der Waals surface area contributed by atoms with Crippen LogP contribution in [-0.4, -0.2) is 39.9 Å².